The number of para-hydroxylation sites is 1. The Labute approximate surface area is 248 Å². The van der Waals surface area contributed by atoms with Crippen LogP contribution in [0, 0.1) is 12.7 Å². The second-order valence-electron chi connectivity index (χ2n) is 10.6. The summed E-state index contributed by atoms with van der Waals surface area (Å²) in [6, 6.07) is 14.8. The molecule has 0 saturated carbocycles. The Hall–Kier alpha value is -4.32. The molecule has 1 N–H and O–H groups in total. The molecular formula is C32H33FN4O6. The minimum Gasteiger partial charge on any atom is -0.488 e. The lowest BCUT2D eigenvalue weighted by molar-refractivity contribution is -0.0985. The molecule has 4 aromatic rings. The number of aromatic nitrogens is 3. The molecule has 1 atom stereocenters. The lowest BCUT2D eigenvalue weighted by Crippen LogP contribution is -2.42. The first-order chi connectivity index (χ1) is 20.9. The first kappa shape index (κ1) is 28.8. The summed E-state index contributed by atoms with van der Waals surface area (Å²) in [5.41, 5.74) is 4.33. The van der Waals surface area contributed by atoms with E-state index in [1.54, 1.807) is 18.2 Å². The van der Waals surface area contributed by atoms with E-state index in [0.29, 0.717) is 61.2 Å². The minimum atomic E-state index is -1.15. The van der Waals surface area contributed by atoms with Gasteiger partial charge in [-0.3, -0.25) is 4.90 Å². The number of carboxylic acid groups (broad SMARTS) is 1. The van der Waals surface area contributed by atoms with Gasteiger partial charge in [0.05, 0.1) is 44.9 Å². The number of nitrogens with zero attached hydrogens (tertiary/aromatic N) is 4. The zero-order chi connectivity index (χ0) is 29.9. The summed E-state index contributed by atoms with van der Waals surface area (Å²) < 4.78 is 40.0. The lowest BCUT2D eigenvalue weighted by atomic mass is 9.96. The molecule has 43 heavy (non-hydrogen) atoms. The van der Waals surface area contributed by atoms with Gasteiger partial charge >= 0.3 is 5.97 Å². The normalized spacial score (nSPS) is 17.0. The van der Waals surface area contributed by atoms with Gasteiger partial charge < -0.3 is 24.1 Å². The predicted molar refractivity (Wildman–Crippen MR) is 155 cm³/mol. The third kappa shape index (κ3) is 5.96. The molecule has 2 aliphatic rings. The molecule has 0 bridgehead atoms. The Balaban J connectivity index is 1.21. The number of hydrogen-bond acceptors (Lipinski definition) is 8. The Morgan fingerprint density at radius 3 is 2.81 bits per heavy atom. The molecule has 10 nitrogen and oxygen atoms in total. The molecule has 0 amide bonds. The molecular weight excluding hydrogens is 555 g/mol. The number of halogens is 1. The summed E-state index contributed by atoms with van der Waals surface area (Å²) in [5.74, 6) is -0.329. The molecule has 4 heterocycles. The number of pyridine rings is 1. The average molecular weight is 589 g/mol. The number of carbonyl (C=O) groups is 1. The van der Waals surface area contributed by atoms with Gasteiger partial charge in [0.2, 0.25) is 5.88 Å². The Bertz CT molecular complexity index is 1630. The molecule has 0 spiro atoms. The van der Waals surface area contributed by atoms with Crippen LogP contribution in [0.1, 0.15) is 32.6 Å². The summed E-state index contributed by atoms with van der Waals surface area (Å²) in [7, 11) is 1.38. The van der Waals surface area contributed by atoms with E-state index < -0.39 is 5.97 Å². The van der Waals surface area contributed by atoms with Crippen molar-refractivity contribution in [1.82, 2.24) is 19.7 Å². The number of aromatic carboxylic acids is 1. The molecule has 224 valence electrons. The van der Waals surface area contributed by atoms with E-state index in [1.165, 1.54) is 18.0 Å². The molecule has 1 fully saturated rings. The fourth-order valence-corrected chi connectivity index (χ4v) is 5.65. The largest absolute Gasteiger partial charge is 0.488 e. The molecule has 1 saturated heterocycles. The predicted octanol–water partition coefficient (Wildman–Crippen LogP) is 4.44. The van der Waals surface area contributed by atoms with Crippen LogP contribution in [0.15, 0.2) is 54.7 Å². The van der Waals surface area contributed by atoms with Gasteiger partial charge in [-0.2, -0.15) is 9.78 Å². The summed E-state index contributed by atoms with van der Waals surface area (Å²) in [6.45, 7) is 6.03. The van der Waals surface area contributed by atoms with E-state index in [0.717, 1.165) is 29.8 Å². The third-order valence-corrected chi connectivity index (χ3v) is 7.80. The zero-order valence-corrected chi connectivity index (χ0v) is 24.1. The van der Waals surface area contributed by atoms with Gasteiger partial charge in [0.25, 0.3) is 0 Å². The molecule has 0 unspecified atom stereocenters. The summed E-state index contributed by atoms with van der Waals surface area (Å²) in [4.78, 5) is 18.6. The maximum atomic E-state index is 15.7. The van der Waals surface area contributed by atoms with Crippen LogP contribution < -0.4 is 9.47 Å². The maximum Gasteiger partial charge on any atom is 0.342 e. The van der Waals surface area contributed by atoms with Crippen molar-refractivity contribution in [2.75, 3.05) is 40.0 Å². The van der Waals surface area contributed by atoms with Gasteiger partial charge in [-0.1, -0.05) is 30.3 Å². The number of carboxylic acids is 1. The van der Waals surface area contributed by atoms with Crippen LogP contribution >= 0.6 is 0 Å². The van der Waals surface area contributed by atoms with E-state index in [1.807, 2.05) is 37.3 Å². The molecule has 2 aliphatic heterocycles. The number of hydrogen-bond donors (Lipinski definition) is 1. The SMILES string of the molecule is COc1c(C(=O)O)cnn1-c1cccc(-c2cccc(C)c2OCc2ccc3c(c2F)CCN(C[C@H]2COCCO2)C3)n1. The van der Waals surface area contributed by atoms with Gasteiger partial charge in [-0.25, -0.2) is 14.2 Å². The van der Waals surface area contributed by atoms with Crippen molar-refractivity contribution < 1.29 is 33.2 Å². The van der Waals surface area contributed by atoms with Gasteiger partial charge in [-0.15, -0.1) is 0 Å². The Morgan fingerprint density at radius 1 is 1.16 bits per heavy atom. The van der Waals surface area contributed by atoms with E-state index in [-0.39, 0.29) is 30.0 Å². The van der Waals surface area contributed by atoms with Crippen molar-refractivity contribution in [2.45, 2.75) is 32.6 Å². The average Bonchev–Trinajstić information content (AvgIpc) is 3.47. The first-order valence-electron chi connectivity index (χ1n) is 14.2. The van der Waals surface area contributed by atoms with Crippen LogP contribution in [-0.2, 0) is 29.0 Å². The number of benzene rings is 2. The van der Waals surface area contributed by atoms with Crippen LogP contribution in [0.25, 0.3) is 17.1 Å². The van der Waals surface area contributed by atoms with E-state index in [9.17, 15) is 9.90 Å². The van der Waals surface area contributed by atoms with Gasteiger partial charge in [0.1, 0.15) is 23.7 Å². The fourth-order valence-electron chi connectivity index (χ4n) is 5.65. The van der Waals surface area contributed by atoms with Crippen LogP contribution in [0.5, 0.6) is 11.6 Å². The monoisotopic (exact) mass is 588 g/mol. The highest BCUT2D eigenvalue weighted by Crippen LogP contribution is 2.34. The highest BCUT2D eigenvalue weighted by molar-refractivity contribution is 5.90. The highest BCUT2D eigenvalue weighted by atomic mass is 19.1. The van der Waals surface area contributed by atoms with E-state index in [2.05, 4.69) is 10.00 Å². The van der Waals surface area contributed by atoms with Crippen molar-refractivity contribution >= 4 is 5.97 Å². The second-order valence-corrected chi connectivity index (χ2v) is 10.6. The van der Waals surface area contributed by atoms with Crippen LogP contribution in [0.4, 0.5) is 4.39 Å². The number of methoxy groups -OCH3 is 1. The second kappa shape index (κ2) is 12.5. The standard InChI is InChI=1S/C32H33FN4O6/c1-20-5-3-6-25(27-7-4-8-28(35-27)37-31(40-2)26(15-34-37)32(38)39)30(20)43-18-22-10-9-21-16-36(12-11-24(21)29(22)33)17-23-19-41-13-14-42-23/h3-10,15,23H,11-14,16-19H2,1-2H3,(H,38,39)/t23-/m0/s1. The topological polar surface area (TPSA) is 108 Å². The molecule has 0 radical (unpaired) electrons. The van der Waals surface area contributed by atoms with Gasteiger partial charge in [0.15, 0.2) is 5.82 Å². The van der Waals surface area contributed by atoms with E-state index >= 15 is 4.39 Å². The molecule has 6 rings (SSSR count). The lowest BCUT2D eigenvalue weighted by Gasteiger charge is -2.33. The number of rotatable bonds is 9. The minimum absolute atomic E-state index is 0.0510. The fraction of sp³-hybridized carbons (Fsp3) is 0.344. The quantitative estimate of drug-likeness (QED) is 0.304. The number of fused-ring (bicyclic) bond motifs is 1. The third-order valence-electron chi connectivity index (χ3n) is 7.80. The molecule has 0 aliphatic carbocycles. The zero-order valence-electron chi connectivity index (χ0n) is 24.1. The van der Waals surface area contributed by atoms with Crippen molar-refractivity contribution in [3.8, 4) is 28.7 Å². The number of aryl methyl sites for hydroxylation is 1. The number of ether oxygens (including phenoxy) is 4. The highest BCUT2D eigenvalue weighted by Gasteiger charge is 2.25. The summed E-state index contributed by atoms with van der Waals surface area (Å²) in [5, 5.41) is 13.6. The summed E-state index contributed by atoms with van der Waals surface area (Å²) in [6.07, 6.45) is 1.90. The molecule has 2 aromatic heterocycles. The first-order valence-corrected chi connectivity index (χ1v) is 14.2. The van der Waals surface area contributed by atoms with Crippen LogP contribution in [0.2, 0.25) is 0 Å². The molecule has 11 heteroatoms. The van der Waals surface area contributed by atoms with Crippen molar-refractivity contribution in [3.63, 3.8) is 0 Å². The van der Waals surface area contributed by atoms with Crippen molar-refractivity contribution in [3.05, 3.63) is 88.4 Å². The van der Waals surface area contributed by atoms with Gasteiger partial charge in [0, 0.05) is 30.8 Å². The summed E-state index contributed by atoms with van der Waals surface area (Å²) >= 11 is 0. The van der Waals surface area contributed by atoms with Crippen LogP contribution in [0.3, 0.4) is 0 Å². The molecule has 2 aromatic carbocycles. The van der Waals surface area contributed by atoms with Gasteiger partial charge in [-0.05, 0) is 48.2 Å². The van der Waals surface area contributed by atoms with Crippen molar-refractivity contribution in [2.24, 2.45) is 0 Å². The van der Waals surface area contributed by atoms with E-state index in [4.69, 9.17) is 23.9 Å². The maximum absolute atomic E-state index is 15.7. The Kier molecular flexibility index (Phi) is 8.37. The Morgan fingerprint density at radius 2 is 2.02 bits per heavy atom. The van der Waals surface area contributed by atoms with Crippen molar-refractivity contribution in [1.29, 1.82) is 0 Å². The smallest absolute Gasteiger partial charge is 0.342 e. The van der Waals surface area contributed by atoms with Crippen LogP contribution in [-0.4, -0.2) is 76.9 Å².